The summed E-state index contributed by atoms with van der Waals surface area (Å²) in [5, 5.41) is 0. The average Bonchev–Trinajstić information content (AvgIpc) is 2.67. The molecule has 1 heterocycles. The van der Waals surface area contributed by atoms with Crippen molar-refractivity contribution in [3.63, 3.8) is 0 Å². The molecule has 0 saturated heterocycles. The summed E-state index contributed by atoms with van der Waals surface area (Å²) < 4.78 is 0. The van der Waals surface area contributed by atoms with Crippen LogP contribution in [0.1, 0.15) is 63.5 Å². The van der Waals surface area contributed by atoms with Gasteiger partial charge in [-0.05, 0) is 36.8 Å². The number of aryl methyl sites for hydroxylation is 2. The zero-order valence-electron chi connectivity index (χ0n) is 10.3. The lowest BCUT2D eigenvalue weighted by Crippen LogP contribution is -1.90. The van der Waals surface area contributed by atoms with Gasteiger partial charge in [0.1, 0.15) is 0 Å². The SMILES string of the molecule is CCCCCc1c[nH]cc1CCCCC. The van der Waals surface area contributed by atoms with Crippen molar-refractivity contribution in [3.8, 4) is 0 Å². The zero-order valence-corrected chi connectivity index (χ0v) is 10.3. The molecule has 0 aliphatic heterocycles. The Morgan fingerprint density at radius 3 is 1.67 bits per heavy atom. The van der Waals surface area contributed by atoms with Gasteiger partial charge in [0.25, 0.3) is 0 Å². The van der Waals surface area contributed by atoms with Crippen LogP contribution in [0.3, 0.4) is 0 Å². The molecule has 0 spiro atoms. The molecule has 0 fully saturated rings. The Morgan fingerprint density at radius 1 is 0.800 bits per heavy atom. The molecule has 0 radical (unpaired) electrons. The van der Waals surface area contributed by atoms with Gasteiger partial charge < -0.3 is 4.98 Å². The lowest BCUT2D eigenvalue weighted by atomic mass is 10.0. The monoisotopic (exact) mass is 207 g/mol. The summed E-state index contributed by atoms with van der Waals surface area (Å²) in [6.07, 6.45) is 14.9. The number of rotatable bonds is 8. The van der Waals surface area contributed by atoms with E-state index in [4.69, 9.17) is 0 Å². The molecule has 15 heavy (non-hydrogen) atoms. The normalized spacial score (nSPS) is 10.8. The Balaban J connectivity index is 2.32. The topological polar surface area (TPSA) is 15.8 Å². The largest absolute Gasteiger partial charge is 0.367 e. The molecule has 0 aromatic carbocycles. The summed E-state index contributed by atoms with van der Waals surface area (Å²) in [4.78, 5) is 3.25. The first-order chi connectivity index (χ1) is 7.38. The van der Waals surface area contributed by atoms with Gasteiger partial charge in [-0.25, -0.2) is 0 Å². The van der Waals surface area contributed by atoms with Crippen LogP contribution in [0.15, 0.2) is 12.4 Å². The van der Waals surface area contributed by atoms with E-state index >= 15 is 0 Å². The summed E-state index contributed by atoms with van der Waals surface area (Å²) >= 11 is 0. The predicted octanol–water partition coefficient (Wildman–Crippen LogP) is 4.48. The molecule has 1 aromatic rings. The van der Waals surface area contributed by atoms with Gasteiger partial charge in [-0.3, -0.25) is 0 Å². The third-order valence-corrected chi connectivity index (χ3v) is 3.03. The minimum Gasteiger partial charge on any atom is -0.367 e. The minimum absolute atomic E-state index is 1.26. The van der Waals surface area contributed by atoms with Crippen molar-refractivity contribution in [3.05, 3.63) is 23.5 Å². The Hall–Kier alpha value is -0.720. The maximum atomic E-state index is 3.25. The number of H-pyrrole nitrogens is 1. The summed E-state index contributed by atoms with van der Waals surface area (Å²) in [5.74, 6) is 0. The van der Waals surface area contributed by atoms with E-state index in [2.05, 4.69) is 31.2 Å². The molecule has 0 aliphatic carbocycles. The van der Waals surface area contributed by atoms with E-state index in [1.54, 1.807) is 11.1 Å². The van der Waals surface area contributed by atoms with Gasteiger partial charge in [-0.15, -0.1) is 0 Å². The molecule has 1 N–H and O–H groups in total. The van der Waals surface area contributed by atoms with Crippen LogP contribution in [0.2, 0.25) is 0 Å². The Bertz CT molecular complexity index is 225. The van der Waals surface area contributed by atoms with Gasteiger partial charge in [-0.2, -0.15) is 0 Å². The van der Waals surface area contributed by atoms with Crippen LogP contribution in [0.25, 0.3) is 0 Å². The van der Waals surface area contributed by atoms with Crippen molar-refractivity contribution in [1.29, 1.82) is 0 Å². The number of aromatic nitrogens is 1. The van der Waals surface area contributed by atoms with Crippen molar-refractivity contribution in [2.75, 3.05) is 0 Å². The van der Waals surface area contributed by atoms with Crippen molar-refractivity contribution in [2.45, 2.75) is 65.2 Å². The van der Waals surface area contributed by atoms with Gasteiger partial charge in [0.05, 0.1) is 0 Å². The van der Waals surface area contributed by atoms with Crippen LogP contribution >= 0.6 is 0 Å². The van der Waals surface area contributed by atoms with E-state index in [0.29, 0.717) is 0 Å². The first kappa shape index (κ1) is 12.4. The van der Waals surface area contributed by atoms with Crippen molar-refractivity contribution in [2.24, 2.45) is 0 Å². The highest BCUT2D eigenvalue weighted by molar-refractivity contribution is 5.23. The van der Waals surface area contributed by atoms with Crippen LogP contribution < -0.4 is 0 Å². The predicted molar refractivity (Wildman–Crippen MR) is 67.3 cm³/mol. The summed E-state index contributed by atoms with van der Waals surface area (Å²) in [6, 6.07) is 0. The molecule has 86 valence electrons. The van der Waals surface area contributed by atoms with Crippen LogP contribution in [0.5, 0.6) is 0 Å². The molecule has 0 amide bonds. The van der Waals surface area contributed by atoms with Crippen LogP contribution in [0.4, 0.5) is 0 Å². The highest BCUT2D eigenvalue weighted by Gasteiger charge is 2.02. The fraction of sp³-hybridized carbons (Fsp3) is 0.714. The number of unbranched alkanes of at least 4 members (excludes halogenated alkanes) is 4. The van der Waals surface area contributed by atoms with Crippen molar-refractivity contribution in [1.82, 2.24) is 4.98 Å². The second-order valence-electron chi connectivity index (χ2n) is 4.42. The number of nitrogens with one attached hydrogen (secondary N) is 1. The smallest absolute Gasteiger partial charge is 0.00401 e. The summed E-state index contributed by atoms with van der Waals surface area (Å²) in [6.45, 7) is 4.53. The second-order valence-corrected chi connectivity index (χ2v) is 4.42. The van der Waals surface area contributed by atoms with Gasteiger partial charge in [0.15, 0.2) is 0 Å². The molecule has 1 aromatic heterocycles. The standard InChI is InChI=1S/C14H25N/c1-3-5-7-9-13-11-15-12-14(13)10-8-6-4-2/h11-12,15H,3-10H2,1-2H3. The van der Waals surface area contributed by atoms with Crippen molar-refractivity contribution >= 4 is 0 Å². The van der Waals surface area contributed by atoms with E-state index in [0.717, 1.165) is 0 Å². The Labute approximate surface area is 94.3 Å². The minimum atomic E-state index is 1.26. The molecule has 0 saturated carbocycles. The highest BCUT2D eigenvalue weighted by Crippen LogP contribution is 2.15. The van der Waals surface area contributed by atoms with E-state index < -0.39 is 0 Å². The summed E-state index contributed by atoms with van der Waals surface area (Å²) in [5.41, 5.74) is 3.11. The Morgan fingerprint density at radius 2 is 1.27 bits per heavy atom. The average molecular weight is 207 g/mol. The molecule has 0 unspecified atom stereocenters. The fourth-order valence-electron chi connectivity index (χ4n) is 2.02. The van der Waals surface area contributed by atoms with Crippen LogP contribution in [0, 0.1) is 0 Å². The maximum absolute atomic E-state index is 3.25. The number of aromatic amines is 1. The van der Waals surface area contributed by atoms with E-state index in [1.807, 2.05) is 0 Å². The van der Waals surface area contributed by atoms with E-state index in [9.17, 15) is 0 Å². The lowest BCUT2D eigenvalue weighted by Gasteiger charge is -2.03. The molecule has 1 rings (SSSR count). The van der Waals surface area contributed by atoms with Crippen LogP contribution in [-0.4, -0.2) is 4.98 Å². The first-order valence-corrected chi connectivity index (χ1v) is 6.53. The second kappa shape index (κ2) is 7.56. The fourth-order valence-corrected chi connectivity index (χ4v) is 2.02. The third-order valence-electron chi connectivity index (χ3n) is 3.03. The zero-order chi connectivity index (χ0) is 10.9. The molecular formula is C14H25N. The molecule has 0 aliphatic rings. The molecular weight excluding hydrogens is 182 g/mol. The molecule has 0 atom stereocenters. The quantitative estimate of drug-likeness (QED) is 0.605. The van der Waals surface area contributed by atoms with Gasteiger partial charge in [0, 0.05) is 12.4 Å². The van der Waals surface area contributed by atoms with Crippen LogP contribution in [-0.2, 0) is 12.8 Å². The van der Waals surface area contributed by atoms with E-state index in [-0.39, 0.29) is 0 Å². The Kier molecular flexibility index (Phi) is 6.22. The van der Waals surface area contributed by atoms with Gasteiger partial charge in [-0.1, -0.05) is 39.5 Å². The van der Waals surface area contributed by atoms with E-state index in [1.165, 1.54) is 51.4 Å². The number of hydrogen-bond acceptors (Lipinski definition) is 0. The van der Waals surface area contributed by atoms with Crippen molar-refractivity contribution < 1.29 is 0 Å². The molecule has 0 bridgehead atoms. The number of hydrogen-bond donors (Lipinski definition) is 1. The third kappa shape index (κ3) is 4.55. The summed E-state index contributed by atoms with van der Waals surface area (Å²) in [7, 11) is 0. The van der Waals surface area contributed by atoms with Gasteiger partial charge >= 0.3 is 0 Å². The van der Waals surface area contributed by atoms with Gasteiger partial charge in [0.2, 0.25) is 0 Å². The lowest BCUT2D eigenvalue weighted by molar-refractivity contribution is 0.696. The maximum Gasteiger partial charge on any atom is 0.00401 e. The molecule has 1 nitrogen and oxygen atoms in total. The first-order valence-electron chi connectivity index (χ1n) is 6.53. The molecule has 1 heteroatoms. The highest BCUT2D eigenvalue weighted by atomic mass is 14.6.